The number of rotatable bonds is 11. The summed E-state index contributed by atoms with van der Waals surface area (Å²) in [5.41, 5.74) is 6.47. The van der Waals surface area contributed by atoms with Gasteiger partial charge in [0.2, 0.25) is 11.8 Å². The van der Waals surface area contributed by atoms with Crippen molar-refractivity contribution in [2.75, 3.05) is 26.8 Å². The molecular formula is C29H32FN5O5S. The van der Waals surface area contributed by atoms with Crippen LogP contribution in [0.3, 0.4) is 0 Å². The van der Waals surface area contributed by atoms with Gasteiger partial charge in [-0.3, -0.25) is 19.8 Å². The number of methoxy groups -OCH3 is 1. The molecule has 0 saturated carbocycles. The molecule has 3 amide bonds. The van der Waals surface area contributed by atoms with Crippen molar-refractivity contribution in [1.29, 1.82) is 5.41 Å². The summed E-state index contributed by atoms with van der Waals surface area (Å²) in [4.78, 5) is 41.5. The summed E-state index contributed by atoms with van der Waals surface area (Å²) in [5.74, 6) is -0.646. The third-order valence-corrected chi connectivity index (χ3v) is 7.81. The zero-order chi connectivity index (χ0) is 29.5. The highest BCUT2D eigenvalue weighted by Gasteiger charge is 2.39. The van der Waals surface area contributed by atoms with Crippen LogP contribution in [0.5, 0.6) is 11.5 Å². The van der Waals surface area contributed by atoms with Crippen molar-refractivity contribution in [3.8, 4) is 11.5 Å². The van der Waals surface area contributed by atoms with Crippen LogP contribution in [0, 0.1) is 17.1 Å². The fourth-order valence-electron chi connectivity index (χ4n) is 4.58. The molecule has 216 valence electrons. The maximum Gasteiger partial charge on any atom is 0.251 e. The van der Waals surface area contributed by atoms with Crippen molar-refractivity contribution in [3.63, 3.8) is 0 Å². The molecule has 10 nitrogen and oxygen atoms in total. The number of amidine groups is 1. The SMILES string of the molecule is COC[C@H]1C[C@@H](C(=O)NC(C)c2cc(C(=N)N)cs2)N(C(=O)CNC(=O)c2ccc(Oc3ccc(F)cc3)cc2)C1. The third kappa shape index (κ3) is 7.68. The van der Waals surface area contributed by atoms with E-state index >= 15 is 0 Å². The first kappa shape index (κ1) is 29.7. The van der Waals surface area contributed by atoms with E-state index in [4.69, 9.17) is 20.6 Å². The van der Waals surface area contributed by atoms with Crippen LogP contribution in [-0.2, 0) is 14.3 Å². The van der Waals surface area contributed by atoms with Crippen molar-refractivity contribution in [2.24, 2.45) is 11.7 Å². The molecule has 3 atom stereocenters. The van der Waals surface area contributed by atoms with Gasteiger partial charge in [-0.25, -0.2) is 4.39 Å². The summed E-state index contributed by atoms with van der Waals surface area (Å²) in [6.45, 7) is 2.28. The largest absolute Gasteiger partial charge is 0.457 e. The highest BCUT2D eigenvalue weighted by Crippen LogP contribution is 2.27. The number of nitrogens with zero attached hydrogens (tertiary/aromatic N) is 1. The summed E-state index contributed by atoms with van der Waals surface area (Å²) < 4.78 is 24.0. The lowest BCUT2D eigenvalue weighted by Gasteiger charge is -2.25. The summed E-state index contributed by atoms with van der Waals surface area (Å²) >= 11 is 1.39. The van der Waals surface area contributed by atoms with E-state index < -0.39 is 11.9 Å². The van der Waals surface area contributed by atoms with E-state index in [9.17, 15) is 18.8 Å². The van der Waals surface area contributed by atoms with Gasteiger partial charge in [0, 0.05) is 41.0 Å². The van der Waals surface area contributed by atoms with Crippen LogP contribution >= 0.6 is 11.3 Å². The fourth-order valence-corrected chi connectivity index (χ4v) is 5.49. The molecule has 0 aliphatic carbocycles. The highest BCUT2D eigenvalue weighted by molar-refractivity contribution is 7.10. The summed E-state index contributed by atoms with van der Waals surface area (Å²) in [5, 5.41) is 14.9. The third-order valence-electron chi connectivity index (χ3n) is 6.70. The average Bonchev–Trinajstić information content (AvgIpc) is 3.62. The van der Waals surface area contributed by atoms with Crippen LogP contribution in [-0.4, -0.2) is 61.3 Å². The number of thiophene rings is 1. The highest BCUT2D eigenvalue weighted by atomic mass is 32.1. The number of nitrogens with two attached hydrogens (primary N) is 1. The lowest BCUT2D eigenvalue weighted by atomic mass is 10.1. The molecule has 1 unspecified atom stereocenters. The first-order valence-corrected chi connectivity index (χ1v) is 13.9. The zero-order valence-corrected chi connectivity index (χ0v) is 23.5. The lowest BCUT2D eigenvalue weighted by Crippen LogP contribution is -2.49. The Morgan fingerprint density at radius 3 is 2.39 bits per heavy atom. The second-order valence-electron chi connectivity index (χ2n) is 9.76. The molecule has 0 spiro atoms. The van der Waals surface area contributed by atoms with Crippen molar-refractivity contribution in [2.45, 2.75) is 25.4 Å². The number of hydrogen-bond acceptors (Lipinski definition) is 7. The fraction of sp³-hybridized carbons (Fsp3) is 0.310. The molecule has 41 heavy (non-hydrogen) atoms. The van der Waals surface area contributed by atoms with Gasteiger partial charge < -0.3 is 30.7 Å². The molecule has 4 rings (SSSR count). The van der Waals surface area contributed by atoms with Crippen LogP contribution in [0.4, 0.5) is 4.39 Å². The maximum absolute atomic E-state index is 13.2. The van der Waals surface area contributed by atoms with Crippen LogP contribution < -0.4 is 21.1 Å². The van der Waals surface area contributed by atoms with E-state index in [0.29, 0.717) is 42.2 Å². The number of amides is 3. The Balaban J connectivity index is 1.34. The molecule has 1 aliphatic rings. The Bertz CT molecular complexity index is 1400. The number of ether oxygens (including phenoxy) is 2. The number of carbonyl (C=O) groups is 3. The number of nitrogen functional groups attached to an aromatic ring is 1. The second-order valence-corrected chi connectivity index (χ2v) is 10.7. The molecule has 3 aromatic rings. The molecule has 12 heteroatoms. The predicted molar refractivity (Wildman–Crippen MR) is 153 cm³/mol. The lowest BCUT2D eigenvalue weighted by molar-refractivity contribution is -0.138. The number of nitrogens with one attached hydrogen (secondary N) is 3. The van der Waals surface area contributed by atoms with E-state index in [1.165, 1.54) is 40.5 Å². The molecule has 1 aromatic heterocycles. The van der Waals surface area contributed by atoms with E-state index in [1.807, 2.05) is 6.92 Å². The van der Waals surface area contributed by atoms with Gasteiger partial charge in [0.15, 0.2) is 0 Å². The summed E-state index contributed by atoms with van der Waals surface area (Å²) in [6, 6.07) is 12.6. The minimum absolute atomic E-state index is 0.0228. The predicted octanol–water partition coefficient (Wildman–Crippen LogP) is 3.43. The summed E-state index contributed by atoms with van der Waals surface area (Å²) in [7, 11) is 1.57. The number of hydrogen-bond donors (Lipinski definition) is 4. The van der Waals surface area contributed by atoms with Crippen molar-refractivity contribution in [1.82, 2.24) is 15.5 Å². The molecule has 2 aromatic carbocycles. The Hall–Kier alpha value is -4.29. The molecule has 1 aliphatic heterocycles. The van der Waals surface area contributed by atoms with E-state index in [1.54, 1.807) is 42.8 Å². The van der Waals surface area contributed by atoms with Gasteiger partial charge in [-0.05, 0) is 67.9 Å². The number of benzene rings is 2. The van der Waals surface area contributed by atoms with Gasteiger partial charge in [-0.2, -0.15) is 0 Å². The molecule has 2 heterocycles. The van der Waals surface area contributed by atoms with Crippen LogP contribution in [0.15, 0.2) is 60.0 Å². The maximum atomic E-state index is 13.2. The molecule has 5 N–H and O–H groups in total. The van der Waals surface area contributed by atoms with Gasteiger partial charge >= 0.3 is 0 Å². The van der Waals surface area contributed by atoms with Gasteiger partial charge in [0.1, 0.15) is 29.2 Å². The second kappa shape index (κ2) is 13.4. The van der Waals surface area contributed by atoms with Crippen molar-refractivity contribution in [3.05, 3.63) is 81.8 Å². The smallest absolute Gasteiger partial charge is 0.251 e. The van der Waals surface area contributed by atoms with Crippen LogP contribution in [0.2, 0.25) is 0 Å². The van der Waals surface area contributed by atoms with Crippen molar-refractivity contribution >= 4 is 34.9 Å². The van der Waals surface area contributed by atoms with Gasteiger partial charge in [-0.1, -0.05) is 0 Å². The first-order chi connectivity index (χ1) is 19.6. The van der Waals surface area contributed by atoms with Crippen LogP contribution in [0.1, 0.15) is 40.2 Å². The van der Waals surface area contributed by atoms with Crippen LogP contribution in [0.25, 0.3) is 0 Å². The van der Waals surface area contributed by atoms with Gasteiger partial charge in [0.25, 0.3) is 5.91 Å². The Kier molecular flexibility index (Phi) is 9.69. The van der Waals surface area contributed by atoms with Gasteiger partial charge in [-0.15, -0.1) is 11.3 Å². The molecular weight excluding hydrogens is 549 g/mol. The Morgan fingerprint density at radius 2 is 1.78 bits per heavy atom. The standard InChI is InChI=1S/C29H32FN5O5S/c1-17(25-12-20(16-41-25)27(31)32)34-29(38)24-11-18(15-39-2)14-35(24)26(36)13-33-28(37)19-3-7-22(8-4-19)40-23-9-5-21(30)6-10-23/h3-10,12,16-18,24H,11,13-15H2,1-2H3,(H3,31,32)(H,33,37)(H,34,38)/t17?,18-,24-/m0/s1. The van der Waals surface area contributed by atoms with E-state index in [2.05, 4.69) is 10.6 Å². The molecule has 1 fully saturated rings. The Labute approximate surface area is 241 Å². The minimum atomic E-state index is -0.711. The topological polar surface area (TPSA) is 147 Å². The summed E-state index contributed by atoms with van der Waals surface area (Å²) in [6.07, 6.45) is 0.435. The normalized spacial score (nSPS) is 17.1. The number of carbonyl (C=O) groups excluding carboxylic acids is 3. The quantitative estimate of drug-likeness (QED) is 0.202. The van der Waals surface area contributed by atoms with Gasteiger partial charge in [0.05, 0.1) is 19.2 Å². The molecule has 1 saturated heterocycles. The minimum Gasteiger partial charge on any atom is -0.457 e. The number of halogens is 1. The molecule has 0 radical (unpaired) electrons. The first-order valence-electron chi connectivity index (χ1n) is 13.0. The monoisotopic (exact) mass is 581 g/mol. The zero-order valence-electron chi connectivity index (χ0n) is 22.7. The molecule has 0 bridgehead atoms. The van der Waals surface area contributed by atoms with Crippen molar-refractivity contribution < 1.29 is 28.2 Å². The van der Waals surface area contributed by atoms with E-state index in [0.717, 1.165) is 4.88 Å². The Morgan fingerprint density at radius 1 is 1.12 bits per heavy atom. The average molecular weight is 582 g/mol. The number of likely N-dealkylation sites (tertiary alicyclic amines) is 1. The van der Waals surface area contributed by atoms with E-state index in [-0.39, 0.29) is 42.0 Å².